The van der Waals surface area contributed by atoms with Gasteiger partial charge in [0.25, 0.3) is 0 Å². The van der Waals surface area contributed by atoms with E-state index in [1.165, 1.54) is 21.7 Å². The number of hydrogen-bond acceptors (Lipinski definition) is 5. The number of rotatable bonds is 6. The van der Waals surface area contributed by atoms with Gasteiger partial charge < -0.3 is 0 Å². The van der Waals surface area contributed by atoms with Gasteiger partial charge in [0.2, 0.25) is 0 Å². The Morgan fingerprint density at radius 1 is 0.679 bits per heavy atom. The molecule has 7 nitrogen and oxygen atoms in total. The Hall–Kier alpha value is -4.13. The fourth-order valence-corrected chi connectivity index (χ4v) is 2.46. The third-order valence-electron chi connectivity index (χ3n) is 3.83. The van der Waals surface area contributed by atoms with Gasteiger partial charge in [0.05, 0.1) is 23.8 Å². The van der Waals surface area contributed by atoms with Crippen molar-refractivity contribution in [1.29, 1.82) is 0 Å². The molecule has 0 bridgehead atoms. The van der Waals surface area contributed by atoms with Gasteiger partial charge in [-0.1, -0.05) is 36.4 Å². The van der Waals surface area contributed by atoms with Crippen molar-refractivity contribution in [3.8, 4) is 11.4 Å². The molecule has 7 heteroatoms. The van der Waals surface area contributed by atoms with Crippen LogP contribution in [-0.2, 0) is 4.79 Å². The van der Waals surface area contributed by atoms with E-state index in [1.807, 2.05) is 60.7 Å². The van der Waals surface area contributed by atoms with Crippen LogP contribution in [0, 0.1) is 0 Å². The summed E-state index contributed by atoms with van der Waals surface area (Å²) in [5.74, 6) is -0.177. The van der Waals surface area contributed by atoms with Crippen LogP contribution in [0.2, 0.25) is 0 Å². The second kappa shape index (κ2) is 8.05. The summed E-state index contributed by atoms with van der Waals surface area (Å²) in [6.45, 7) is 0. The van der Waals surface area contributed by atoms with Gasteiger partial charge in [-0.05, 0) is 48.6 Å². The molecule has 0 atom stereocenters. The van der Waals surface area contributed by atoms with Crippen molar-refractivity contribution < 1.29 is 4.79 Å². The van der Waals surface area contributed by atoms with Crippen LogP contribution in [0.5, 0.6) is 0 Å². The minimum absolute atomic E-state index is 0.177. The zero-order valence-electron chi connectivity index (χ0n) is 14.8. The van der Waals surface area contributed by atoms with Crippen molar-refractivity contribution in [2.45, 2.75) is 0 Å². The van der Waals surface area contributed by atoms with Crippen LogP contribution in [0.25, 0.3) is 23.5 Å². The molecule has 0 N–H and O–H groups in total. The van der Waals surface area contributed by atoms with E-state index >= 15 is 0 Å². The van der Waals surface area contributed by atoms with E-state index in [0.717, 1.165) is 11.4 Å². The van der Waals surface area contributed by atoms with E-state index in [1.54, 1.807) is 24.5 Å². The summed E-state index contributed by atoms with van der Waals surface area (Å²) in [6.07, 6.45) is 9.34. The Balaban J connectivity index is 1.39. The summed E-state index contributed by atoms with van der Waals surface area (Å²) < 4.78 is 0. The molecule has 0 aliphatic rings. The van der Waals surface area contributed by atoms with E-state index < -0.39 is 0 Å². The van der Waals surface area contributed by atoms with Crippen molar-refractivity contribution >= 4 is 17.9 Å². The van der Waals surface area contributed by atoms with Crippen molar-refractivity contribution in [2.24, 2.45) is 0 Å². The molecule has 0 amide bonds. The lowest BCUT2D eigenvalue weighted by Gasteiger charge is -1.96. The Bertz CT molecular complexity index is 1040. The highest BCUT2D eigenvalue weighted by Gasteiger charge is 2.02. The van der Waals surface area contributed by atoms with E-state index in [-0.39, 0.29) is 5.78 Å². The molecule has 4 aromatic rings. The Morgan fingerprint density at radius 3 is 1.54 bits per heavy atom. The van der Waals surface area contributed by atoms with Crippen LogP contribution in [0.4, 0.5) is 0 Å². The summed E-state index contributed by atoms with van der Waals surface area (Å²) in [5, 5.41) is 17.0. The lowest BCUT2D eigenvalue weighted by Crippen LogP contribution is -1.98. The SMILES string of the molecule is O=C(/C=C\c1cnn(-c2ccccc2)n1)/C=C\c1cnn(-c2ccccc2)n1. The van der Waals surface area contributed by atoms with Crippen LogP contribution in [0.1, 0.15) is 11.4 Å². The standard InChI is InChI=1S/C21H16N6O/c28-21(13-11-17-15-22-26(24-17)19-7-3-1-4-8-19)14-12-18-16-23-27(25-18)20-9-5-2-6-10-20/h1-16H/b13-11-,14-12-. The second-order valence-electron chi connectivity index (χ2n) is 5.86. The number of nitrogens with zero attached hydrogens (tertiary/aromatic N) is 6. The average molecular weight is 368 g/mol. The highest BCUT2D eigenvalue weighted by Crippen LogP contribution is 2.07. The summed E-state index contributed by atoms with van der Waals surface area (Å²) in [5.41, 5.74) is 2.91. The third-order valence-corrected chi connectivity index (χ3v) is 3.83. The summed E-state index contributed by atoms with van der Waals surface area (Å²) in [7, 11) is 0. The molecule has 136 valence electrons. The number of benzene rings is 2. The Kier molecular flexibility index (Phi) is 4.97. The minimum Gasteiger partial charge on any atom is -0.290 e. The van der Waals surface area contributed by atoms with Gasteiger partial charge >= 0.3 is 0 Å². The molecule has 0 aliphatic carbocycles. The maximum atomic E-state index is 12.1. The van der Waals surface area contributed by atoms with Crippen LogP contribution >= 0.6 is 0 Å². The summed E-state index contributed by atoms with van der Waals surface area (Å²) in [6, 6.07) is 19.1. The lowest BCUT2D eigenvalue weighted by atomic mass is 10.3. The topological polar surface area (TPSA) is 78.5 Å². The predicted molar refractivity (Wildman–Crippen MR) is 106 cm³/mol. The number of carbonyl (C=O) groups excluding carboxylic acids is 1. The van der Waals surface area contributed by atoms with Crippen molar-refractivity contribution in [3.05, 3.63) is 96.6 Å². The molecule has 0 saturated heterocycles. The first-order valence-electron chi connectivity index (χ1n) is 8.64. The van der Waals surface area contributed by atoms with Crippen molar-refractivity contribution in [3.63, 3.8) is 0 Å². The average Bonchev–Trinajstić information content (AvgIpc) is 3.42. The number of aromatic nitrogens is 6. The Morgan fingerprint density at radius 2 is 1.11 bits per heavy atom. The highest BCUT2D eigenvalue weighted by molar-refractivity contribution is 6.04. The van der Waals surface area contributed by atoms with E-state index in [4.69, 9.17) is 0 Å². The summed E-state index contributed by atoms with van der Waals surface area (Å²) in [4.78, 5) is 15.1. The van der Waals surface area contributed by atoms with E-state index in [9.17, 15) is 4.79 Å². The molecule has 0 radical (unpaired) electrons. The zero-order chi connectivity index (χ0) is 19.2. The largest absolute Gasteiger partial charge is 0.290 e. The molecule has 2 heterocycles. The first-order valence-corrected chi connectivity index (χ1v) is 8.64. The van der Waals surface area contributed by atoms with Gasteiger partial charge in [0.15, 0.2) is 5.78 Å². The monoisotopic (exact) mass is 368 g/mol. The fourth-order valence-electron chi connectivity index (χ4n) is 2.46. The second-order valence-corrected chi connectivity index (χ2v) is 5.86. The van der Waals surface area contributed by atoms with Gasteiger partial charge in [0, 0.05) is 0 Å². The van der Waals surface area contributed by atoms with Gasteiger partial charge in [-0.25, -0.2) is 0 Å². The smallest absolute Gasteiger partial charge is 0.178 e. The minimum atomic E-state index is -0.177. The third kappa shape index (κ3) is 4.16. The molecule has 28 heavy (non-hydrogen) atoms. The molecule has 4 rings (SSSR count). The summed E-state index contributed by atoms with van der Waals surface area (Å²) >= 11 is 0. The first-order chi connectivity index (χ1) is 13.8. The highest BCUT2D eigenvalue weighted by atomic mass is 16.1. The maximum Gasteiger partial charge on any atom is 0.178 e. The van der Waals surface area contributed by atoms with Crippen LogP contribution in [-0.4, -0.2) is 35.8 Å². The van der Waals surface area contributed by atoms with Gasteiger partial charge in [-0.3, -0.25) is 4.79 Å². The maximum absolute atomic E-state index is 12.1. The molecular formula is C21H16N6O. The normalized spacial score (nSPS) is 11.4. The predicted octanol–water partition coefficient (Wildman–Crippen LogP) is 3.14. The molecule has 0 fully saturated rings. The molecular weight excluding hydrogens is 352 g/mol. The number of para-hydroxylation sites is 2. The van der Waals surface area contributed by atoms with Crippen LogP contribution < -0.4 is 0 Å². The zero-order valence-corrected chi connectivity index (χ0v) is 14.8. The number of ketones is 1. The molecule has 0 aliphatic heterocycles. The molecule has 0 spiro atoms. The van der Waals surface area contributed by atoms with Crippen molar-refractivity contribution in [1.82, 2.24) is 30.0 Å². The van der Waals surface area contributed by atoms with Crippen molar-refractivity contribution in [2.75, 3.05) is 0 Å². The quantitative estimate of drug-likeness (QED) is 0.489. The first kappa shape index (κ1) is 17.3. The van der Waals surface area contributed by atoms with Gasteiger partial charge in [-0.2, -0.15) is 19.8 Å². The number of hydrogen-bond donors (Lipinski definition) is 0. The number of carbonyl (C=O) groups is 1. The van der Waals surface area contributed by atoms with E-state index in [2.05, 4.69) is 20.4 Å². The van der Waals surface area contributed by atoms with Crippen LogP contribution in [0.3, 0.4) is 0 Å². The molecule has 0 saturated carbocycles. The lowest BCUT2D eigenvalue weighted by molar-refractivity contribution is -0.110. The van der Waals surface area contributed by atoms with E-state index in [0.29, 0.717) is 11.4 Å². The Labute approximate surface area is 161 Å². The number of allylic oxidation sites excluding steroid dienone is 2. The fraction of sp³-hybridized carbons (Fsp3) is 0. The van der Waals surface area contributed by atoms with Gasteiger partial charge in [-0.15, -0.1) is 10.2 Å². The molecule has 0 unspecified atom stereocenters. The molecule has 2 aromatic heterocycles. The van der Waals surface area contributed by atoms with Gasteiger partial charge in [0.1, 0.15) is 11.4 Å². The van der Waals surface area contributed by atoms with Crippen LogP contribution in [0.15, 0.2) is 85.2 Å². The molecule has 2 aromatic carbocycles.